The van der Waals surface area contributed by atoms with Gasteiger partial charge < -0.3 is 37.9 Å². The second-order valence-electron chi connectivity index (χ2n) is 22.4. The lowest BCUT2D eigenvalue weighted by Crippen LogP contribution is -2.46. The molecule has 516 valence electrons. The summed E-state index contributed by atoms with van der Waals surface area (Å²) in [4.78, 5) is 55.5. The number of benzene rings is 4. The second kappa shape index (κ2) is 32.7. The maximum absolute atomic E-state index is 14.1. The minimum Gasteiger partial charge on any atom is -0.493 e. The molecular formula is C78H112N4O12. The van der Waals surface area contributed by atoms with Crippen LogP contribution in [0.2, 0.25) is 0 Å². The van der Waals surface area contributed by atoms with E-state index in [4.69, 9.17) is 105 Å². The van der Waals surface area contributed by atoms with E-state index in [0.29, 0.717) is 37.7 Å². The minimum absolute atomic E-state index is 0.000445. The Labute approximate surface area is 635 Å². The van der Waals surface area contributed by atoms with Crippen LogP contribution in [0.25, 0.3) is 0 Å². The molecule has 10 atom stereocenters. The summed E-state index contributed by atoms with van der Waals surface area (Å²) in [5.41, 5.74) is -4.00. The number of nitrogens with zero attached hydrogens (tertiary/aromatic N) is 4. The molecule has 0 N–H and O–H groups in total. The van der Waals surface area contributed by atoms with Gasteiger partial charge in [0.15, 0.2) is 46.0 Å². The van der Waals surface area contributed by atoms with Gasteiger partial charge in [0.25, 0.3) is 0 Å². The molecule has 94 heavy (non-hydrogen) atoms. The molecule has 8 aliphatic heterocycles. The first-order valence-corrected chi connectivity index (χ1v) is 29.6. The van der Waals surface area contributed by atoms with Gasteiger partial charge in [-0.05, 0) is 168 Å². The fraction of sp³-hybridized carbons (Fsp3) is 0.641. The number of fused-ring (bicyclic) bond motifs is 12. The lowest BCUT2D eigenvalue weighted by molar-refractivity contribution is -0.130. The highest BCUT2D eigenvalue weighted by atomic mass is 16.5. The topological polar surface area (TPSA) is 155 Å². The van der Waals surface area contributed by atoms with E-state index in [1.54, 1.807) is 19.9 Å². The Kier molecular flexibility index (Phi) is 10.5. The molecule has 0 amide bonds. The molecule has 10 unspecified atom stereocenters. The zero-order chi connectivity index (χ0) is 114. The summed E-state index contributed by atoms with van der Waals surface area (Å²) in [5, 5.41) is 0. The van der Waals surface area contributed by atoms with Crippen molar-refractivity contribution in [2.24, 2.45) is 47.2 Å². The molecule has 12 rings (SSSR count). The Balaban J connectivity index is 0.000000220. The number of carbonyl (C=O) groups is 4. The molecule has 0 bridgehead atoms. The van der Waals surface area contributed by atoms with Crippen molar-refractivity contribution in [2.75, 3.05) is 109 Å². The maximum Gasteiger partial charge on any atom is 0.161 e. The number of hydrogen-bond acceptors (Lipinski definition) is 16. The number of ether oxygens (including phenoxy) is 8. The molecule has 4 aromatic rings. The van der Waals surface area contributed by atoms with Gasteiger partial charge >= 0.3 is 0 Å². The van der Waals surface area contributed by atoms with Crippen molar-refractivity contribution in [1.82, 2.24) is 19.6 Å². The first-order chi connectivity index (χ1) is 65.1. The van der Waals surface area contributed by atoms with Crippen molar-refractivity contribution in [3.05, 3.63) is 92.9 Å². The summed E-state index contributed by atoms with van der Waals surface area (Å²) in [7, 11) is 5.19. The molecule has 0 spiro atoms. The first-order valence-electron chi connectivity index (χ1n) is 55.6. The SMILES string of the molecule is [2H]C([2H])([2H])Oc1cc2c(cc1OC)CCN1CC(CC(C)C)C(=O)CC21.[2H]c1c(OC)c(OC)c([2H])c2c1C([2H])([2H])C([2H])([2H])N1C([2H])([2H])C([2H])(C([2H])([2H])C([2H])(C([2H])([2H])[2H])C([2H])([2H])C)C(=O)C([2H])([2H])C21[2H].[2H]c1c(OC)c(OC)c([2H])c2c1C([2H])([2H])C([2H])([2H])N1C([2H])([2H])C([2H])(CC(C)C)C(=O)C([2H])([2H])C21[2H].[2H]c1c(OC)c(OC)c([2H])c2c1C1([2H])CC(=O)C(C([2H])([2H])C([2H])(C([2H])([2H])[2H])C([2H])([2H])C)C([2H])([2H])N1C([2H])([2H])C2([2H])[2H]. The molecule has 8 heterocycles. The van der Waals surface area contributed by atoms with Crippen LogP contribution < -0.4 is 37.9 Å². The molecule has 0 radical (unpaired) electrons. The summed E-state index contributed by atoms with van der Waals surface area (Å²) in [6.07, 6.45) is -33.1. The Morgan fingerprint density at radius 3 is 1.44 bits per heavy atom. The number of Topliss-reactive ketones (excluding diaryl/α,β-unsaturated/α-hetero) is 4. The molecule has 0 aliphatic carbocycles. The Morgan fingerprint density at radius 1 is 0.511 bits per heavy atom. The standard InChI is InChI=1S/2C20H29NO3.2C19H27NO3/c2*1-5-13(2)8-15-12-21-7-6-14-9-19(23-3)20(24-4)10-16(14)17(21)11-18(15)22;2*1-12(2)7-14-11-20-6-5-13-8-18(22-3)19(23-4)9-15(13)16(20)10-17(14)21/h2*9-10,13,15,17H,5-8,11-12H2,1-4H3;2*8-9,12,14,16H,5-7,10-11H2,1-4H3/i2D3,5D2,6D2,7D2,8D2,9D,10D,11D2,12D2,13D,15D,17D;2D3,5D2,6D2,7D2,8D2,9D,10D,12D2,13D,17D;5D2,6D2,8D,9D,10D2,11D2,14D,16D;4D3. The van der Waals surface area contributed by atoms with Crippen molar-refractivity contribution in [3.8, 4) is 46.0 Å². The average molecular weight is 1350 g/mol. The average Bonchev–Trinajstić information content (AvgIpc) is 0.646. The second-order valence-corrected chi connectivity index (χ2v) is 22.4. The van der Waals surface area contributed by atoms with Crippen LogP contribution in [0.15, 0.2) is 48.4 Å². The largest absolute Gasteiger partial charge is 0.493 e. The van der Waals surface area contributed by atoms with E-state index in [-0.39, 0.29) is 27.5 Å². The molecule has 0 aromatic heterocycles. The predicted octanol–water partition coefficient (Wildman–Crippen LogP) is 13.7. The third-order valence-electron chi connectivity index (χ3n) is 15.5. The van der Waals surface area contributed by atoms with Crippen LogP contribution >= 0.6 is 0 Å². The Bertz CT molecular complexity index is 5790. The summed E-state index contributed by atoms with van der Waals surface area (Å²) < 4.78 is 482. The molecule has 8 aliphatic rings. The van der Waals surface area contributed by atoms with Gasteiger partial charge in [0.2, 0.25) is 0 Å². The van der Waals surface area contributed by atoms with E-state index in [9.17, 15) is 23.3 Å². The van der Waals surface area contributed by atoms with Gasteiger partial charge in [-0.2, -0.15) is 0 Å². The van der Waals surface area contributed by atoms with Crippen molar-refractivity contribution in [1.29, 1.82) is 0 Å². The molecule has 0 saturated carbocycles. The van der Waals surface area contributed by atoms with Gasteiger partial charge in [-0.15, -0.1) is 0 Å². The molecular weight excluding hydrogens is 1180 g/mol. The highest BCUT2D eigenvalue weighted by molar-refractivity contribution is 5.85. The van der Waals surface area contributed by atoms with Gasteiger partial charge in [-0.25, -0.2) is 0 Å². The fourth-order valence-corrected chi connectivity index (χ4v) is 10.9. The van der Waals surface area contributed by atoms with Crippen LogP contribution in [-0.2, 0) is 44.7 Å². The van der Waals surface area contributed by atoms with Crippen molar-refractivity contribution >= 4 is 23.1 Å². The Morgan fingerprint density at radius 2 is 0.957 bits per heavy atom. The first kappa shape index (κ1) is 30.3. The number of piperidine rings is 4. The fourth-order valence-electron chi connectivity index (χ4n) is 10.9. The van der Waals surface area contributed by atoms with E-state index < -0.39 is 310 Å². The number of hydrogen-bond donors (Lipinski definition) is 0. The smallest absolute Gasteiger partial charge is 0.161 e. The van der Waals surface area contributed by atoms with Gasteiger partial charge in [0.1, 0.15) is 23.1 Å². The van der Waals surface area contributed by atoms with E-state index in [0.717, 1.165) is 79.7 Å². The molecule has 4 saturated heterocycles. The molecule has 16 heteroatoms. The van der Waals surface area contributed by atoms with E-state index in [1.807, 2.05) is 6.07 Å². The van der Waals surface area contributed by atoms with Gasteiger partial charge in [-0.3, -0.25) is 38.8 Å². The lowest BCUT2D eigenvalue weighted by atomic mass is 9.79. The zero-order valence-corrected chi connectivity index (χ0v) is 54.2. The summed E-state index contributed by atoms with van der Waals surface area (Å²) in [6, 6.07) is -12.3. The van der Waals surface area contributed by atoms with Gasteiger partial charge in [-0.1, -0.05) is 68.0 Å². The van der Waals surface area contributed by atoms with Crippen LogP contribution in [0.3, 0.4) is 0 Å². The Hall–Kier alpha value is -6.20. The molecule has 4 aromatic carbocycles. The monoisotopic (exact) mass is 1350 g/mol. The highest BCUT2D eigenvalue weighted by Gasteiger charge is 2.43. The summed E-state index contributed by atoms with van der Waals surface area (Å²) >= 11 is 0. The molecule has 4 fully saturated rings. The van der Waals surface area contributed by atoms with E-state index >= 15 is 0 Å². The molecule has 16 nitrogen and oxygen atoms in total. The van der Waals surface area contributed by atoms with Crippen LogP contribution in [0.5, 0.6) is 46.0 Å². The number of ketones is 4. The van der Waals surface area contributed by atoms with Crippen LogP contribution in [-0.4, -0.2) is 152 Å². The summed E-state index contributed by atoms with van der Waals surface area (Å²) in [5.74, 6) is -26.5. The number of methoxy groups -OCH3 is 8. The predicted molar refractivity (Wildman–Crippen MR) is 370 cm³/mol. The minimum atomic E-state index is -4.60. The van der Waals surface area contributed by atoms with Gasteiger partial charge in [0, 0.05) is 180 Å². The third-order valence-corrected chi connectivity index (χ3v) is 15.5. The van der Waals surface area contributed by atoms with Crippen LogP contribution in [0.1, 0.15) is 259 Å². The van der Waals surface area contributed by atoms with Crippen LogP contribution in [0, 0.1) is 47.2 Å². The maximum atomic E-state index is 14.1. The zero-order valence-electron chi connectivity index (χ0n) is 106. The number of carbonyl (C=O) groups excluding carboxylic acids is 4. The quantitative estimate of drug-likeness (QED) is 0.0926. The van der Waals surface area contributed by atoms with Crippen molar-refractivity contribution < 1.29 is 128 Å². The van der Waals surface area contributed by atoms with Crippen LogP contribution in [0.4, 0.5) is 0 Å². The third kappa shape index (κ3) is 16.4. The van der Waals surface area contributed by atoms with Gasteiger partial charge in [0.05, 0.1) is 73.3 Å². The van der Waals surface area contributed by atoms with Crippen molar-refractivity contribution in [2.45, 2.75) is 169 Å². The highest BCUT2D eigenvalue weighted by Crippen LogP contribution is 2.48. The number of rotatable bonds is 18. The summed E-state index contributed by atoms with van der Waals surface area (Å²) in [6.45, 7) is -20.8. The normalized spacial score (nSPS) is 44.2. The van der Waals surface area contributed by atoms with Crippen molar-refractivity contribution in [3.63, 3.8) is 0 Å². The van der Waals surface area contributed by atoms with E-state index in [1.165, 1.54) is 7.11 Å². The van der Waals surface area contributed by atoms with E-state index in [2.05, 4.69) is 18.7 Å². The lowest BCUT2D eigenvalue weighted by Gasteiger charge is -2.43.